The maximum absolute atomic E-state index is 12.0. The monoisotopic (exact) mass is 260 g/mol. The van der Waals surface area contributed by atoms with Crippen LogP contribution in [0, 0.1) is 11.8 Å². The maximum atomic E-state index is 12.0. The summed E-state index contributed by atoms with van der Waals surface area (Å²) in [5.41, 5.74) is 1.12. The fourth-order valence-corrected chi connectivity index (χ4v) is 2.74. The first-order chi connectivity index (χ1) is 9.19. The van der Waals surface area contributed by atoms with Crippen molar-refractivity contribution in [3.8, 4) is 5.75 Å². The third-order valence-electron chi connectivity index (χ3n) is 4.22. The maximum Gasteiger partial charge on any atom is 0.238 e. The SMILES string of the molecule is COc1ccc(C2NCC(=O)N2CC2CC2C)cc1. The molecule has 0 spiro atoms. The zero-order chi connectivity index (χ0) is 13.4. The second-order valence-electron chi connectivity index (χ2n) is 5.58. The van der Waals surface area contributed by atoms with Crippen LogP contribution in [-0.4, -0.2) is 31.0 Å². The summed E-state index contributed by atoms with van der Waals surface area (Å²) in [4.78, 5) is 14.0. The molecule has 19 heavy (non-hydrogen) atoms. The third kappa shape index (κ3) is 2.45. The summed E-state index contributed by atoms with van der Waals surface area (Å²) in [6.45, 7) is 3.57. The van der Waals surface area contributed by atoms with Crippen LogP contribution in [0.15, 0.2) is 24.3 Å². The van der Waals surface area contributed by atoms with Gasteiger partial charge in [0.05, 0.1) is 13.7 Å². The molecule has 1 amide bonds. The Bertz CT molecular complexity index is 472. The van der Waals surface area contributed by atoms with E-state index >= 15 is 0 Å². The lowest BCUT2D eigenvalue weighted by Crippen LogP contribution is -2.32. The van der Waals surface area contributed by atoms with Gasteiger partial charge in [-0.15, -0.1) is 0 Å². The van der Waals surface area contributed by atoms with Crippen LogP contribution in [0.1, 0.15) is 25.1 Å². The largest absolute Gasteiger partial charge is 0.497 e. The highest BCUT2D eigenvalue weighted by Gasteiger charge is 2.39. The van der Waals surface area contributed by atoms with E-state index in [1.807, 2.05) is 29.2 Å². The normalized spacial score (nSPS) is 29.7. The lowest BCUT2D eigenvalue weighted by molar-refractivity contribution is -0.128. The number of benzene rings is 1. The quantitative estimate of drug-likeness (QED) is 0.897. The number of hydrogen-bond acceptors (Lipinski definition) is 3. The van der Waals surface area contributed by atoms with Crippen LogP contribution in [0.4, 0.5) is 0 Å². The van der Waals surface area contributed by atoms with Crippen molar-refractivity contribution in [1.29, 1.82) is 0 Å². The number of nitrogens with zero attached hydrogens (tertiary/aromatic N) is 1. The Morgan fingerprint density at radius 2 is 2.05 bits per heavy atom. The van der Waals surface area contributed by atoms with Crippen molar-refractivity contribution in [3.05, 3.63) is 29.8 Å². The molecule has 3 rings (SSSR count). The molecule has 1 saturated carbocycles. The summed E-state index contributed by atoms with van der Waals surface area (Å²) in [6, 6.07) is 7.94. The molecule has 1 heterocycles. The Morgan fingerprint density at radius 1 is 1.37 bits per heavy atom. The van der Waals surface area contributed by atoms with Gasteiger partial charge in [-0.25, -0.2) is 0 Å². The first kappa shape index (κ1) is 12.5. The molecule has 1 saturated heterocycles. The van der Waals surface area contributed by atoms with Gasteiger partial charge in [0.25, 0.3) is 0 Å². The number of rotatable bonds is 4. The summed E-state index contributed by atoms with van der Waals surface area (Å²) in [7, 11) is 1.66. The molecule has 1 aliphatic carbocycles. The molecule has 2 fully saturated rings. The van der Waals surface area contributed by atoms with Crippen molar-refractivity contribution < 1.29 is 9.53 Å². The second-order valence-corrected chi connectivity index (χ2v) is 5.58. The highest BCUT2D eigenvalue weighted by molar-refractivity contribution is 5.81. The summed E-state index contributed by atoms with van der Waals surface area (Å²) < 4.78 is 5.17. The van der Waals surface area contributed by atoms with Gasteiger partial charge in [-0.05, 0) is 36.0 Å². The molecule has 0 aromatic heterocycles. The Kier molecular flexibility index (Phi) is 3.19. The van der Waals surface area contributed by atoms with Crippen LogP contribution in [0.5, 0.6) is 5.75 Å². The van der Waals surface area contributed by atoms with Gasteiger partial charge >= 0.3 is 0 Å². The summed E-state index contributed by atoms with van der Waals surface area (Å²) in [6.07, 6.45) is 1.27. The number of methoxy groups -OCH3 is 1. The Morgan fingerprint density at radius 3 is 2.63 bits per heavy atom. The highest BCUT2D eigenvalue weighted by atomic mass is 16.5. The van der Waals surface area contributed by atoms with Gasteiger partial charge < -0.3 is 9.64 Å². The fourth-order valence-electron chi connectivity index (χ4n) is 2.74. The Balaban J connectivity index is 1.75. The lowest BCUT2D eigenvalue weighted by Gasteiger charge is -2.25. The summed E-state index contributed by atoms with van der Waals surface area (Å²) in [5.74, 6) is 2.50. The van der Waals surface area contributed by atoms with Crippen molar-refractivity contribution in [1.82, 2.24) is 10.2 Å². The number of nitrogens with one attached hydrogen (secondary N) is 1. The molecule has 4 nitrogen and oxygen atoms in total. The van der Waals surface area contributed by atoms with Crippen LogP contribution < -0.4 is 10.1 Å². The molecule has 2 aliphatic rings. The van der Waals surface area contributed by atoms with E-state index in [2.05, 4.69) is 12.2 Å². The minimum Gasteiger partial charge on any atom is -0.497 e. The number of hydrogen-bond donors (Lipinski definition) is 1. The molecule has 3 unspecified atom stereocenters. The van der Waals surface area contributed by atoms with E-state index in [9.17, 15) is 4.79 Å². The first-order valence-electron chi connectivity index (χ1n) is 6.86. The van der Waals surface area contributed by atoms with Crippen molar-refractivity contribution in [2.45, 2.75) is 19.5 Å². The average molecular weight is 260 g/mol. The molecule has 1 aliphatic heterocycles. The minimum atomic E-state index is 0.0196. The molecule has 1 N–H and O–H groups in total. The van der Waals surface area contributed by atoms with Gasteiger partial charge in [0.1, 0.15) is 11.9 Å². The van der Waals surface area contributed by atoms with Crippen molar-refractivity contribution in [2.24, 2.45) is 11.8 Å². The van der Waals surface area contributed by atoms with Crippen molar-refractivity contribution in [2.75, 3.05) is 20.2 Å². The van der Waals surface area contributed by atoms with Crippen LogP contribution in [0.3, 0.4) is 0 Å². The van der Waals surface area contributed by atoms with E-state index in [0.717, 1.165) is 23.8 Å². The summed E-state index contributed by atoms with van der Waals surface area (Å²) >= 11 is 0. The number of ether oxygens (including phenoxy) is 1. The van der Waals surface area contributed by atoms with E-state index in [-0.39, 0.29) is 12.1 Å². The van der Waals surface area contributed by atoms with Crippen molar-refractivity contribution >= 4 is 5.91 Å². The minimum absolute atomic E-state index is 0.0196. The van der Waals surface area contributed by atoms with Crippen molar-refractivity contribution in [3.63, 3.8) is 0 Å². The zero-order valence-corrected chi connectivity index (χ0v) is 11.4. The van der Waals surface area contributed by atoms with Gasteiger partial charge in [-0.3, -0.25) is 10.1 Å². The topological polar surface area (TPSA) is 41.6 Å². The standard InChI is InChI=1S/C15H20N2O2/c1-10-7-12(10)9-17-14(18)8-16-15(17)11-3-5-13(19-2)6-4-11/h3-6,10,12,15-16H,7-9H2,1-2H3. The molecule has 0 radical (unpaired) electrons. The molecular formula is C15H20N2O2. The lowest BCUT2D eigenvalue weighted by atomic mass is 10.1. The molecule has 3 atom stereocenters. The van der Waals surface area contributed by atoms with Gasteiger partial charge in [-0.1, -0.05) is 19.1 Å². The van der Waals surface area contributed by atoms with E-state index in [0.29, 0.717) is 12.5 Å². The number of carbonyl (C=O) groups excluding carboxylic acids is 1. The predicted molar refractivity (Wildman–Crippen MR) is 72.7 cm³/mol. The second kappa shape index (κ2) is 4.85. The summed E-state index contributed by atoms with van der Waals surface area (Å²) in [5, 5.41) is 3.29. The number of amides is 1. The van der Waals surface area contributed by atoms with Gasteiger partial charge in [-0.2, -0.15) is 0 Å². The van der Waals surface area contributed by atoms with Crippen LogP contribution in [0.2, 0.25) is 0 Å². The Hall–Kier alpha value is -1.55. The molecule has 4 heteroatoms. The average Bonchev–Trinajstić information content (AvgIpc) is 3.01. The van der Waals surface area contributed by atoms with Gasteiger partial charge in [0, 0.05) is 6.54 Å². The molecule has 102 valence electrons. The highest BCUT2D eigenvalue weighted by Crippen LogP contribution is 2.40. The fraction of sp³-hybridized carbons (Fsp3) is 0.533. The van der Waals surface area contributed by atoms with E-state index < -0.39 is 0 Å². The zero-order valence-electron chi connectivity index (χ0n) is 11.4. The van der Waals surface area contributed by atoms with E-state index in [1.165, 1.54) is 6.42 Å². The van der Waals surface area contributed by atoms with E-state index in [4.69, 9.17) is 4.74 Å². The van der Waals surface area contributed by atoms with Crippen LogP contribution in [-0.2, 0) is 4.79 Å². The Labute approximate surface area is 113 Å². The van der Waals surface area contributed by atoms with Gasteiger partial charge in [0.2, 0.25) is 5.91 Å². The molecule has 1 aromatic carbocycles. The molecule has 0 bridgehead atoms. The molecule has 1 aromatic rings. The molecular weight excluding hydrogens is 240 g/mol. The van der Waals surface area contributed by atoms with Crippen LogP contribution >= 0.6 is 0 Å². The van der Waals surface area contributed by atoms with Gasteiger partial charge in [0.15, 0.2) is 0 Å². The smallest absolute Gasteiger partial charge is 0.238 e. The number of carbonyl (C=O) groups is 1. The van der Waals surface area contributed by atoms with Crippen LogP contribution in [0.25, 0.3) is 0 Å². The first-order valence-corrected chi connectivity index (χ1v) is 6.86. The van der Waals surface area contributed by atoms with E-state index in [1.54, 1.807) is 7.11 Å². The third-order valence-corrected chi connectivity index (χ3v) is 4.22. The predicted octanol–water partition coefficient (Wildman–Crippen LogP) is 1.78.